The normalized spacial score (nSPS) is 11.8. The van der Waals surface area contributed by atoms with E-state index in [1.54, 1.807) is 6.92 Å². The number of allylic oxidation sites excluding steroid dienone is 1. The fraction of sp³-hybridized carbons (Fsp3) is 0.444. The molecule has 2 nitrogen and oxygen atoms in total. The summed E-state index contributed by atoms with van der Waals surface area (Å²) in [7, 11) is -1.37. The summed E-state index contributed by atoms with van der Waals surface area (Å²) >= 11 is 0. The molecule has 0 spiro atoms. The van der Waals surface area contributed by atoms with Crippen LogP contribution in [0.25, 0.3) is 0 Å². The van der Waals surface area contributed by atoms with Crippen molar-refractivity contribution >= 4 is 14.0 Å². The molecule has 66 valence electrons. The molecule has 12 heavy (non-hydrogen) atoms. The van der Waals surface area contributed by atoms with E-state index >= 15 is 0 Å². The fourth-order valence-corrected chi connectivity index (χ4v) is 1.08. The van der Waals surface area contributed by atoms with E-state index in [9.17, 15) is 4.79 Å². The van der Waals surface area contributed by atoms with Crippen molar-refractivity contribution in [2.45, 2.75) is 26.6 Å². The van der Waals surface area contributed by atoms with Crippen LogP contribution in [-0.4, -0.2) is 19.1 Å². The lowest BCUT2D eigenvalue weighted by molar-refractivity contribution is -0.131. The average Bonchev–Trinajstić information content (AvgIpc) is 1.80. The molecule has 0 amide bonds. The van der Waals surface area contributed by atoms with Gasteiger partial charge >= 0.3 is 5.97 Å². The fourth-order valence-electron chi connectivity index (χ4n) is 0.507. The molecule has 0 heterocycles. The van der Waals surface area contributed by atoms with Crippen molar-refractivity contribution < 1.29 is 9.90 Å². The zero-order valence-corrected chi connectivity index (χ0v) is 8.93. The molecule has 0 radical (unpaired) electrons. The topological polar surface area (TPSA) is 37.3 Å². The Bertz CT molecular complexity index is 260. The molecule has 0 aromatic heterocycles. The highest BCUT2D eigenvalue weighted by atomic mass is 28.3. The number of carboxylic acid groups (broad SMARTS) is 1. The highest BCUT2D eigenvalue weighted by Crippen LogP contribution is 1.98. The maximum Gasteiger partial charge on any atom is 0.329 e. The van der Waals surface area contributed by atoms with E-state index < -0.39 is 14.0 Å². The van der Waals surface area contributed by atoms with Gasteiger partial charge in [-0.15, -0.1) is 5.54 Å². The van der Waals surface area contributed by atoms with Crippen LogP contribution >= 0.6 is 0 Å². The Hall–Kier alpha value is -1.01. The first-order chi connectivity index (χ1) is 5.31. The summed E-state index contributed by atoms with van der Waals surface area (Å²) < 4.78 is 0. The molecular formula is C9H14O2Si. The average molecular weight is 182 g/mol. The molecule has 3 heteroatoms. The Morgan fingerprint density at radius 1 is 1.42 bits per heavy atom. The zero-order chi connectivity index (χ0) is 9.78. The van der Waals surface area contributed by atoms with E-state index in [1.807, 2.05) is 0 Å². The van der Waals surface area contributed by atoms with Gasteiger partial charge in [-0.25, -0.2) is 4.79 Å². The van der Waals surface area contributed by atoms with Crippen molar-refractivity contribution in [2.75, 3.05) is 0 Å². The molecule has 0 aliphatic rings. The predicted octanol–water partition coefficient (Wildman–Crippen LogP) is 1.90. The van der Waals surface area contributed by atoms with Gasteiger partial charge in [-0.2, -0.15) is 0 Å². The monoisotopic (exact) mass is 182 g/mol. The Kier molecular flexibility index (Phi) is 3.77. The van der Waals surface area contributed by atoms with E-state index in [0.29, 0.717) is 5.57 Å². The molecule has 0 aliphatic carbocycles. The number of carboxylic acids is 1. The highest BCUT2D eigenvalue weighted by Gasteiger charge is 2.07. The lowest BCUT2D eigenvalue weighted by Gasteiger charge is -2.02. The minimum absolute atomic E-state index is 0.616. The Morgan fingerprint density at radius 3 is 2.25 bits per heavy atom. The number of hydrogen-bond donors (Lipinski definition) is 1. The Morgan fingerprint density at radius 2 is 1.92 bits per heavy atom. The summed E-state index contributed by atoms with van der Waals surface area (Å²) in [6.45, 7) is 8.07. The maximum absolute atomic E-state index is 10.2. The molecule has 0 rings (SSSR count). The summed E-state index contributed by atoms with van der Waals surface area (Å²) in [5, 5.41) is 8.38. The van der Waals surface area contributed by atoms with Crippen LogP contribution in [0.5, 0.6) is 0 Å². The molecule has 0 aliphatic heterocycles. The summed E-state index contributed by atoms with van der Waals surface area (Å²) in [6.07, 6.45) is 1.13. The minimum Gasteiger partial charge on any atom is -0.478 e. The second-order valence-corrected chi connectivity index (χ2v) is 8.42. The van der Waals surface area contributed by atoms with Crippen molar-refractivity contribution in [3.05, 3.63) is 11.6 Å². The highest BCUT2D eigenvalue weighted by molar-refractivity contribution is 6.83. The SMILES string of the molecule is C/C(C#C[Si](C)(C)C)=C\C(=O)O. The standard InChI is InChI=1S/C9H14O2Si/c1-8(7-9(10)11)5-6-12(2,3)4/h7H,1-4H3,(H,10,11)/b8-7+. The largest absolute Gasteiger partial charge is 0.478 e. The van der Waals surface area contributed by atoms with Crippen molar-refractivity contribution in [1.82, 2.24) is 0 Å². The molecule has 0 aromatic rings. The maximum atomic E-state index is 10.2. The molecule has 0 fully saturated rings. The third kappa shape index (κ3) is 7.10. The van der Waals surface area contributed by atoms with Gasteiger partial charge in [0, 0.05) is 11.6 Å². The van der Waals surface area contributed by atoms with E-state index in [2.05, 4.69) is 31.1 Å². The number of hydrogen-bond acceptors (Lipinski definition) is 1. The molecular weight excluding hydrogens is 168 g/mol. The van der Waals surface area contributed by atoms with Crippen LogP contribution in [0.2, 0.25) is 19.6 Å². The van der Waals surface area contributed by atoms with E-state index in [0.717, 1.165) is 6.08 Å². The summed E-state index contributed by atoms with van der Waals surface area (Å²) in [5.74, 6) is 1.91. The summed E-state index contributed by atoms with van der Waals surface area (Å²) in [5.41, 5.74) is 3.70. The molecule has 0 atom stereocenters. The Balaban J connectivity index is 4.43. The van der Waals surface area contributed by atoms with Crippen LogP contribution in [-0.2, 0) is 4.79 Å². The minimum atomic E-state index is -1.37. The van der Waals surface area contributed by atoms with Gasteiger partial charge in [0.1, 0.15) is 8.07 Å². The van der Waals surface area contributed by atoms with Crippen LogP contribution in [0.1, 0.15) is 6.92 Å². The van der Waals surface area contributed by atoms with Gasteiger partial charge in [-0.1, -0.05) is 25.6 Å². The summed E-state index contributed by atoms with van der Waals surface area (Å²) in [4.78, 5) is 10.2. The quantitative estimate of drug-likeness (QED) is 0.382. The predicted molar refractivity (Wildman–Crippen MR) is 52.5 cm³/mol. The van der Waals surface area contributed by atoms with Crippen LogP contribution in [0, 0.1) is 11.5 Å². The van der Waals surface area contributed by atoms with Gasteiger partial charge in [0.2, 0.25) is 0 Å². The number of carbonyl (C=O) groups is 1. The summed E-state index contributed by atoms with van der Waals surface area (Å²) in [6, 6.07) is 0. The van der Waals surface area contributed by atoms with Crippen LogP contribution in [0.4, 0.5) is 0 Å². The van der Waals surface area contributed by atoms with Crippen LogP contribution in [0.3, 0.4) is 0 Å². The second kappa shape index (κ2) is 4.12. The molecule has 0 saturated heterocycles. The smallest absolute Gasteiger partial charge is 0.329 e. The van der Waals surface area contributed by atoms with Crippen LogP contribution in [0.15, 0.2) is 11.6 Å². The van der Waals surface area contributed by atoms with Crippen LogP contribution < -0.4 is 0 Å². The van der Waals surface area contributed by atoms with Gasteiger partial charge in [0.15, 0.2) is 0 Å². The van der Waals surface area contributed by atoms with E-state index in [1.165, 1.54) is 0 Å². The number of rotatable bonds is 1. The Labute approximate surface area is 74.3 Å². The van der Waals surface area contributed by atoms with Crippen molar-refractivity contribution in [3.8, 4) is 11.5 Å². The second-order valence-electron chi connectivity index (χ2n) is 3.67. The van der Waals surface area contributed by atoms with Crippen molar-refractivity contribution in [2.24, 2.45) is 0 Å². The number of aliphatic carboxylic acids is 1. The lowest BCUT2D eigenvalue weighted by atomic mass is 10.3. The third-order valence-electron chi connectivity index (χ3n) is 0.975. The molecule has 0 saturated carbocycles. The van der Waals surface area contributed by atoms with Gasteiger partial charge < -0.3 is 5.11 Å². The van der Waals surface area contributed by atoms with E-state index in [4.69, 9.17) is 5.11 Å². The van der Waals surface area contributed by atoms with E-state index in [-0.39, 0.29) is 0 Å². The van der Waals surface area contributed by atoms with Crippen molar-refractivity contribution in [1.29, 1.82) is 0 Å². The molecule has 0 unspecified atom stereocenters. The van der Waals surface area contributed by atoms with Gasteiger partial charge in [0.25, 0.3) is 0 Å². The van der Waals surface area contributed by atoms with Gasteiger partial charge in [0.05, 0.1) is 0 Å². The zero-order valence-electron chi connectivity index (χ0n) is 7.93. The third-order valence-corrected chi connectivity index (χ3v) is 1.85. The first kappa shape index (κ1) is 11.0. The molecule has 0 aromatic carbocycles. The molecule has 1 N–H and O–H groups in total. The first-order valence-corrected chi connectivity index (χ1v) is 7.26. The van der Waals surface area contributed by atoms with Gasteiger partial charge in [-0.05, 0) is 6.92 Å². The lowest BCUT2D eigenvalue weighted by Crippen LogP contribution is -2.16. The van der Waals surface area contributed by atoms with Crippen molar-refractivity contribution in [3.63, 3.8) is 0 Å². The van der Waals surface area contributed by atoms with Gasteiger partial charge in [-0.3, -0.25) is 0 Å². The first-order valence-electron chi connectivity index (χ1n) is 3.76. The molecule has 0 bridgehead atoms.